The lowest BCUT2D eigenvalue weighted by Crippen LogP contribution is -2.35. The normalized spacial score (nSPS) is 14.3. The molecule has 0 fully saturated rings. The Bertz CT molecular complexity index is 822. The second-order valence-corrected chi connectivity index (χ2v) is 8.57. The van der Waals surface area contributed by atoms with Crippen molar-refractivity contribution >= 4 is 41.5 Å². The van der Waals surface area contributed by atoms with Gasteiger partial charge in [-0.1, -0.05) is 29.3 Å². The van der Waals surface area contributed by atoms with Gasteiger partial charge in [0.05, 0.1) is 18.0 Å². The first-order valence-electron chi connectivity index (χ1n) is 9.26. The van der Waals surface area contributed by atoms with Crippen LogP contribution in [-0.2, 0) is 14.3 Å². The number of nitrogens with zero attached hydrogens (tertiary/aromatic N) is 1. The summed E-state index contributed by atoms with van der Waals surface area (Å²) in [6.45, 7) is 6.70. The van der Waals surface area contributed by atoms with Crippen LogP contribution in [-0.4, -0.2) is 43.1 Å². The number of alkyl carbamates (subject to hydrolysis) is 1. The summed E-state index contributed by atoms with van der Waals surface area (Å²) < 4.78 is 24.1. The Hall–Kier alpha value is -2.12. The van der Waals surface area contributed by atoms with Crippen molar-refractivity contribution in [2.24, 2.45) is 4.99 Å². The third-order valence-electron chi connectivity index (χ3n) is 3.90. The van der Waals surface area contributed by atoms with E-state index in [0.29, 0.717) is 15.6 Å². The molecule has 0 saturated heterocycles. The highest BCUT2D eigenvalue weighted by Crippen LogP contribution is 2.25. The minimum atomic E-state index is -1.32. The number of allylic oxidation sites excluding steroid dienone is 1. The third kappa shape index (κ3) is 9.13. The van der Waals surface area contributed by atoms with Crippen molar-refractivity contribution in [2.75, 3.05) is 13.7 Å². The van der Waals surface area contributed by atoms with Crippen molar-refractivity contribution in [1.29, 1.82) is 0 Å². The Morgan fingerprint density at radius 1 is 1.23 bits per heavy atom. The van der Waals surface area contributed by atoms with Gasteiger partial charge in [-0.15, -0.1) is 0 Å². The molecule has 1 atom stereocenters. The number of amides is 1. The van der Waals surface area contributed by atoms with Gasteiger partial charge in [0.2, 0.25) is 0 Å². The van der Waals surface area contributed by atoms with Crippen LogP contribution < -0.4 is 5.32 Å². The van der Waals surface area contributed by atoms with E-state index in [2.05, 4.69) is 10.3 Å². The van der Waals surface area contributed by atoms with E-state index in [1.54, 1.807) is 45.9 Å². The summed E-state index contributed by atoms with van der Waals surface area (Å²) in [4.78, 5) is 28.1. The zero-order valence-corrected chi connectivity index (χ0v) is 19.2. The van der Waals surface area contributed by atoms with E-state index >= 15 is 0 Å². The van der Waals surface area contributed by atoms with E-state index in [1.807, 2.05) is 0 Å². The molecule has 1 rings (SSSR count). The molecule has 0 aliphatic heterocycles. The summed E-state index contributed by atoms with van der Waals surface area (Å²) in [5.74, 6) is -1.11. The van der Waals surface area contributed by atoms with Crippen LogP contribution in [0, 0.1) is 0 Å². The zero-order valence-electron chi connectivity index (χ0n) is 17.7. The standard InChI is InChI=1S/C21H27Cl2FN2O4/c1-20(2,3)30-19(28)25-11-9-16(24)8-10-21(4,18(27)29-5)26-13-14-6-7-15(22)12-17(14)23/h6-7,9,12-13H,8,10-11H2,1-5H3,(H,25,28)/b16-9+,26-13-. The second-order valence-electron chi connectivity index (χ2n) is 7.72. The molecule has 1 N–H and O–H groups in total. The number of ether oxygens (including phenoxy) is 2. The van der Waals surface area contributed by atoms with Gasteiger partial charge in [0, 0.05) is 29.8 Å². The van der Waals surface area contributed by atoms with Crippen molar-refractivity contribution in [1.82, 2.24) is 5.32 Å². The average Bonchev–Trinajstić information content (AvgIpc) is 2.63. The van der Waals surface area contributed by atoms with Crippen LogP contribution in [0.1, 0.15) is 46.1 Å². The average molecular weight is 461 g/mol. The molecule has 30 heavy (non-hydrogen) atoms. The molecule has 1 amide bonds. The number of aliphatic imine (C=N–C) groups is 1. The first kappa shape index (κ1) is 25.9. The van der Waals surface area contributed by atoms with Crippen LogP contribution in [0.4, 0.5) is 9.18 Å². The second kappa shape index (κ2) is 11.3. The highest BCUT2D eigenvalue weighted by Gasteiger charge is 2.33. The Morgan fingerprint density at radius 3 is 2.47 bits per heavy atom. The maximum absolute atomic E-state index is 14.2. The Labute approximate surface area is 186 Å². The topological polar surface area (TPSA) is 77.0 Å². The number of hydrogen-bond donors (Lipinski definition) is 1. The van der Waals surface area contributed by atoms with Crippen LogP contribution >= 0.6 is 23.2 Å². The van der Waals surface area contributed by atoms with Gasteiger partial charge in [0.25, 0.3) is 0 Å². The molecule has 0 aromatic heterocycles. The molecule has 1 unspecified atom stereocenters. The molecule has 0 heterocycles. The Morgan fingerprint density at radius 2 is 1.90 bits per heavy atom. The summed E-state index contributed by atoms with van der Waals surface area (Å²) in [6.07, 6.45) is 1.97. The van der Waals surface area contributed by atoms with E-state index in [1.165, 1.54) is 19.4 Å². The molecule has 1 aromatic rings. The van der Waals surface area contributed by atoms with Gasteiger partial charge in [-0.3, -0.25) is 4.99 Å². The monoisotopic (exact) mass is 460 g/mol. The number of hydrogen-bond acceptors (Lipinski definition) is 5. The van der Waals surface area contributed by atoms with E-state index in [-0.39, 0.29) is 19.4 Å². The molecule has 0 spiro atoms. The van der Waals surface area contributed by atoms with Crippen molar-refractivity contribution in [3.8, 4) is 0 Å². The summed E-state index contributed by atoms with van der Waals surface area (Å²) in [5, 5.41) is 3.28. The number of halogens is 3. The van der Waals surface area contributed by atoms with E-state index < -0.39 is 29.0 Å². The predicted octanol–water partition coefficient (Wildman–Crippen LogP) is 5.50. The largest absolute Gasteiger partial charge is 0.467 e. The van der Waals surface area contributed by atoms with Gasteiger partial charge in [-0.05, 0) is 52.3 Å². The van der Waals surface area contributed by atoms with Crippen molar-refractivity contribution in [3.05, 3.63) is 45.7 Å². The fraction of sp³-hybridized carbons (Fsp3) is 0.476. The highest BCUT2D eigenvalue weighted by atomic mass is 35.5. The molecule has 6 nitrogen and oxygen atoms in total. The SMILES string of the molecule is COC(=O)C(C)(CC/C(F)=C\CNC(=O)OC(C)(C)C)/N=C\c1ccc(Cl)cc1Cl. The molecular weight excluding hydrogens is 434 g/mol. The van der Waals surface area contributed by atoms with Crippen LogP contribution in [0.15, 0.2) is 35.1 Å². The molecule has 166 valence electrons. The van der Waals surface area contributed by atoms with Gasteiger partial charge < -0.3 is 14.8 Å². The van der Waals surface area contributed by atoms with Crippen LogP contribution in [0.5, 0.6) is 0 Å². The molecule has 9 heteroatoms. The highest BCUT2D eigenvalue weighted by molar-refractivity contribution is 6.36. The van der Waals surface area contributed by atoms with Crippen molar-refractivity contribution in [2.45, 2.75) is 51.7 Å². The lowest BCUT2D eigenvalue weighted by Gasteiger charge is -2.22. The number of carbonyl (C=O) groups excluding carboxylic acids is 2. The number of nitrogens with one attached hydrogen (secondary N) is 1. The number of rotatable bonds is 8. The minimum absolute atomic E-state index is 0.0423. The van der Waals surface area contributed by atoms with Crippen LogP contribution in [0.2, 0.25) is 10.0 Å². The fourth-order valence-electron chi connectivity index (χ4n) is 2.28. The zero-order chi connectivity index (χ0) is 22.9. The molecule has 0 aliphatic rings. The third-order valence-corrected chi connectivity index (χ3v) is 4.46. The molecular formula is C21H27Cl2FN2O4. The van der Waals surface area contributed by atoms with Gasteiger partial charge in [-0.2, -0.15) is 0 Å². The lowest BCUT2D eigenvalue weighted by atomic mass is 9.96. The van der Waals surface area contributed by atoms with Gasteiger partial charge >= 0.3 is 12.1 Å². The summed E-state index contributed by atoms with van der Waals surface area (Å²) in [6, 6.07) is 4.86. The number of benzene rings is 1. The van der Waals surface area contributed by atoms with Crippen LogP contribution in [0.25, 0.3) is 0 Å². The maximum Gasteiger partial charge on any atom is 0.407 e. The fourth-order valence-corrected chi connectivity index (χ4v) is 2.74. The maximum atomic E-state index is 14.2. The van der Waals surface area contributed by atoms with E-state index in [9.17, 15) is 14.0 Å². The number of esters is 1. The Kier molecular flexibility index (Phi) is 9.78. The smallest absolute Gasteiger partial charge is 0.407 e. The predicted molar refractivity (Wildman–Crippen MR) is 117 cm³/mol. The van der Waals surface area contributed by atoms with Crippen molar-refractivity contribution in [3.63, 3.8) is 0 Å². The molecule has 0 saturated carbocycles. The van der Waals surface area contributed by atoms with Crippen molar-refractivity contribution < 1.29 is 23.5 Å². The van der Waals surface area contributed by atoms with E-state index in [0.717, 1.165) is 0 Å². The molecule has 0 radical (unpaired) electrons. The molecule has 0 bridgehead atoms. The number of carbonyl (C=O) groups is 2. The summed E-state index contributed by atoms with van der Waals surface area (Å²) in [5.41, 5.74) is -1.39. The summed E-state index contributed by atoms with van der Waals surface area (Å²) >= 11 is 12.0. The number of methoxy groups -OCH3 is 1. The van der Waals surface area contributed by atoms with E-state index in [4.69, 9.17) is 32.7 Å². The first-order valence-corrected chi connectivity index (χ1v) is 10.0. The van der Waals surface area contributed by atoms with Gasteiger partial charge in [-0.25, -0.2) is 14.0 Å². The minimum Gasteiger partial charge on any atom is -0.467 e. The summed E-state index contributed by atoms with van der Waals surface area (Å²) in [7, 11) is 1.24. The first-order chi connectivity index (χ1) is 13.9. The van der Waals surface area contributed by atoms with Gasteiger partial charge in [0.15, 0.2) is 5.54 Å². The quantitative estimate of drug-likeness (QED) is 0.410. The molecule has 1 aromatic carbocycles. The molecule has 0 aliphatic carbocycles. The van der Waals surface area contributed by atoms with Gasteiger partial charge in [0.1, 0.15) is 5.60 Å². The lowest BCUT2D eigenvalue weighted by molar-refractivity contribution is -0.146. The van der Waals surface area contributed by atoms with Crippen LogP contribution in [0.3, 0.4) is 0 Å². The Balaban J connectivity index is 2.76.